The van der Waals surface area contributed by atoms with E-state index in [-0.39, 0.29) is 0 Å². The Morgan fingerprint density at radius 2 is 2.00 bits per heavy atom. The van der Waals surface area contributed by atoms with Gasteiger partial charge in [0, 0.05) is 0 Å². The van der Waals surface area contributed by atoms with E-state index in [4.69, 9.17) is 5.73 Å². The van der Waals surface area contributed by atoms with Gasteiger partial charge in [0.25, 0.3) is 0 Å². The molecule has 1 aliphatic rings. The van der Waals surface area contributed by atoms with Gasteiger partial charge in [-0.05, 0) is 54.7 Å². The molecule has 0 amide bonds. The van der Waals surface area contributed by atoms with Gasteiger partial charge in [0.2, 0.25) is 0 Å². The van der Waals surface area contributed by atoms with Crippen LogP contribution in [0.3, 0.4) is 0 Å². The minimum absolute atomic E-state index is 0.364. The quantitative estimate of drug-likeness (QED) is 0.835. The maximum absolute atomic E-state index is 6.14. The molecule has 2 rings (SSSR count). The van der Waals surface area contributed by atoms with Crippen molar-refractivity contribution < 1.29 is 0 Å². The van der Waals surface area contributed by atoms with Gasteiger partial charge >= 0.3 is 0 Å². The fraction of sp³-hybridized carbons (Fsp3) is 0.647. The van der Waals surface area contributed by atoms with Gasteiger partial charge in [-0.3, -0.25) is 0 Å². The van der Waals surface area contributed by atoms with Crippen molar-refractivity contribution >= 4 is 0 Å². The first-order valence-electron chi connectivity index (χ1n) is 7.46. The number of rotatable bonds is 5. The van der Waals surface area contributed by atoms with Crippen LogP contribution in [0.4, 0.5) is 0 Å². The molecule has 0 radical (unpaired) electrons. The Kier molecular flexibility index (Phi) is 4.45. The largest absolute Gasteiger partial charge is 0.330 e. The van der Waals surface area contributed by atoms with Crippen LogP contribution >= 0.6 is 0 Å². The molecule has 0 aliphatic heterocycles. The molecule has 2 unspecified atom stereocenters. The molecule has 1 nitrogen and oxygen atoms in total. The summed E-state index contributed by atoms with van der Waals surface area (Å²) in [7, 11) is 0. The van der Waals surface area contributed by atoms with Gasteiger partial charge in [-0.15, -0.1) is 0 Å². The van der Waals surface area contributed by atoms with Crippen molar-refractivity contribution in [3.05, 3.63) is 35.4 Å². The molecule has 0 saturated heterocycles. The van der Waals surface area contributed by atoms with E-state index in [9.17, 15) is 0 Å². The second kappa shape index (κ2) is 5.88. The van der Waals surface area contributed by atoms with Crippen LogP contribution in [-0.2, 0) is 12.8 Å². The Balaban J connectivity index is 2.11. The Morgan fingerprint density at radius 1 is 1.28 bits per heavy atom. The van der Waals surface area contributed by atoms with Gasteiger partial charge in [0.05, 0.1) is 0 Å². The summed E-state index contributed by atoms with van der Waals surface area (Å²) in [4.78, 5) is 0. The summed E-state index contributed by atoms with van der Waals surface area (Å²) >= 11 is 0. The highest BCUT2D eigenvalue weighted by atomic mass is 14.6. The molecule has 1 heteroatoms. The van der Waals surface area contributed by atoms with Crippen LogP contribution in [0.5, 0.6) is 0 Å². The summed E-state index contributed by atoms with van der Waals surface area (Å²) in [6.07, 6.45) is 7.60. The molecule has 0 bridgehead atoms. The number of hydrogen-bond donors (Lipinski definition) is 1. The van der Waals surface area contributed by atoms with Crippen LogP contribution in [0.15, 0.2) is 24.3 Å². The molecule has 0 aromatic heterocycles. The Bertz CT molecular complexity index is 385. The zero-order valence-electron chi connectivity index (χ0n) is 11.9. The van der Waals surface area contributed by atoms with Crippen LogP contribution in [0, 0.1) is 11.3 Å². The first-order chi connectivity index (χ1) is 8.69. The fourth-order valence-corrected chi connectivity index (χ4v) is 3.63. The van der Waals surface area contributed by atoms with Crippen molar-refractivity contribution in [2.45, 2.75) is 52.4 Å². The van der Waals surface area contributed by atoms with E-state index in [1.807, 2.05) is 0 Å². The summed E-state index contributed by atoms with van der Waals surface area (Å²) in [6, 6.07) is 8.91. The molecule has 2 atom stereocenters. The molecule has 0 fully saturated rings. The molecular formula is C17H27N. The minimum Gasteiger partial charge on any atom is -0.330 e. The molecule has 1 aliphatic carbocycles. The molecule has 1 aromatic rings. The number of aryl methyl sites for hydroxylation is 1. The van der Waals surface area contributed by atoms with E-state index in [1.54, 1.807) is 5.56 Å². The van der Waals surface area contributed by atoms with Crippen LogP contribution in [0.25, 0.3) is 0 Å². The monoisotopic (exact) mass is 245 g/mol. The fourth-order valence-electron chi connectivity index (χ4n) is 3.63. The summed E-state index contributed by atoms with van der Waals surface area (Å²) in [6.45, 7) is 5.51. The van der Waals surface area contributed by atoms with Gasteiger partial charge in [0.15, 0.2) is 0 Å². The van der Waals surface area contributed by atoms with Crippen LogP contribution in [0.1, 0.15) is 50.7 Å². The van der Waals surface area contributed by atoms with Crippen LogP contribution in [-0.4, -0.2) is 6.54 Å². The van der Waals surface area contributed by atoms with Gasteiger partial charge in [-0.1, -0.05) is 51.0 Å². The first-order valence-corrected chi connectivity index (χ1v) is 7.46. The average Bonchev–Trinajstić information content (AvgIpc) is 2.39. The Hall–Kier alpha value is -0.820. The lowest BCUT2D eigenvalue weighted by Gasteiger charge is -2.39. The van der Waals surface area contributed by atoms with E-state index < -0.39 is 0 Å². The van der Waals surface area contributed by atoms with E-state index in [1.165, 1.54) is 44.1 Å². The second-order valence-corrected chi connectivity index (χ2v) is 6.25. The third-order valence-electron chi connectivity index (χ3n) is 4.60. The van der Waals surface area contributed by atoms with E-state index in [2.05, 4.69) is 38.1 Å². The second-order valence-electron chi connectivity index (χ2n) is 6.25. The smallest absolute Gasteiger partial charge is 0.00171 e. The summed E-state index contributed by atoms with van der Waals surface area (Å²) in [5.41, 5.74) is 9.59. The number of hydrogen-bond acceptors (Lipinski definition) is 1. The minimum atomic E-state index is 0.364. The number of nitrogens with two attached hydrogens (primary N) is 1. The molecule has 18 heavy (non-hydrogen) atoms. The van der Waals surface area contributed by atoms with E-state index >= 15 is 0 Å². The van der Waals surface area contributed by atoms with Gasteiger partial charge in [0.1, 0.15) is 0 Å². The molecule has 2 N–H and O–H groups in total. The third-order valence-corrected chi connectivity index (χ3v) is 4.60. The van der Waals surface area contributed by atoms with Crippen molar-refractivity contribution in [2.75, 3.05) is 6.54 Å². The van der Waals surface area contributed by atoms with Crippen LogP contribution < -0.4 is 5.73 Å². The zero-order chi connectivity index (χ0) is 13.0. The highest BCUT2D eigenvalue weighted by Gasteiger charge is 2.34. The summed E-state index contributed by atoms with van der Waals surface area (Å²) in [5.74, 6) is 0.809. The maximum atomic E-state index is 6.14. The normalized spacial score (nSPS) is 24.6. The molecule has 1 aromatic carbocycles. The van der Waals surface area contributed by atoms with Gasteiger partial charge in [-0.25, -0.2) is 0 Å². The third kappa shape index (κ3) is 2.95. The lowest BCUT2D eigenvalue weighted by atomic mass is 9.67. The standard InChI is InChI=1S/C17H27N/c1-3-6-14(2)11-17(13-18)10-9-15-7-4-5-8-16(15)12-17/h4-5,7-8,14H,3,6,9-13,18H2,1-2H3. The molecule has 0 saturated carbocycles. The van der Waals surface area contributed by atoms with Gasteiger partial charge in [-0.2, -0.15) is 0 Å². The highest BCUT2D eigenvalue weighted by molar-refractivity contribution is 5.31. The number of benzene rings is 1. The van der Waals surface area contributed by atoms with Crippen molar-refractivity contribution in [2.24, 2.45) is 17.1 Å². The van der Waals surface area contributed by atoms with Gasteiger partial charge < -0.3 is 5.73 Å². The maximum Gasteiger partial charge on any atom is -0.00171 e. The predicted octanol–water partition coefficient (Wildman–Crippen LogP) is 3.95. The van der Waals surface area contributed by atoms with Crippen LogP contribution in [0.2, 0.25) is 0 Å². The topological polar surface area (TPSA) is 26.0 Å². The average molecular weight is 245 g/mol. The van der Waals surface area contributed by atoms with E-state index in [0.717, 1.165) is 12.5 Å². The first kappa shape index (κ1) is 13.6. The van der Waals surface area contributed by atoms with Crippen molar-refractivity contribution in [3.63, 3.8) is 0 Å². The Labute approximate surface area is 112 Å². The highest BCUT2D eigenvalue weighted by Crippen LogP contribution is 2.40. The zero-order valence-corrected chi connectivity index (χ0v) is 11.9. The predicted molar refractivity (Wildman–Crippen MR) is 78.6 cm³/mol. The lowest BCUT2D eigenvalue weighted by molar-refractivity contribution is 0.193. The van der Waals surface area contributed by atoms with Crippen molar-refractivity contribution in [3.8, 4) is 0 Å². The molecular weight excluding hydrogens is 218 g/mol. The Morgan fingerprint density at radius 3 is 2.67 bits per heavy atom. The molecule has 0 heterocycles. The SMILES string of the molecule is CCCC(C)CC1(CN)CCc2ccccc2C1. The molecule has 100 valence electrons. The summed E-state index contributed by atoms with van der Waals surface area (Å²) < 4.78 is 0. The van der Waals surface area contributed by atoms with E-state index in [0.29, 0.717) is 5.41 Å². The van der Waals surface area contributed by atoms with Crippen molar-refractivity contribution in [1.82, 2.24) is 0 Å². The van der Waals surface area contributed by atoms with Crippen molar-refractivity contribution in [1.29, 1.82) is 0 Å². The molecule has 0 spiro atoms. The lowest BCUT2D eigenvalue weighted by Crippen LogP contribution is -2.37. The summed E-state index contributed by atoms with van der Waals surface area (Å²) in [5, 5.41) is 0. The number of fused-ring (bicyclic) bond motifs is 1.